The van der Waals surface area contributed by atoms with E-state index in [0.29, 0.717) is 12.1 Å². The van der Waals surface area contributed by atoms with Crippen molar-refractivity contribution in [2.75, 3.05) is 12.3 Å². The van der Waals surface area contributed by atoms with Gasteiger partial charge in [0.15, 0.2) is 0 Å². The second-order valence-corrected chi connectivity index (χ2v) is 9.89. The maximum absolute atomic E-state index is 12.4. The lowest BCUT2D eigenvalue weighted by Gasteiger charge is -2.08. The van der Waals surface area contributed by atoms with Crippen LogP contribution < -0.4 is 9.50 Å². The maximum Gasteiger partial charge on any atom is 0.339 e. The standard InChI is InChI=1S/C20H18N2O6S3/c23-20(21-10-12-29-14-18-4-2-11-30-18)15-6-8-17(9-7-15)28-31(26,27)19-5-1-3-16(13-19)22(24)25/h1-9,11,13H,10,12,14H2,(H,21,23). The van der Waals surface area contributed by atoms with Gasteiger partial charge in [-0.2, -0.15) is 20.2 Å². The van der Waals surface area contributed by atoms with Crippen LogP contribution in [-0.4, -0.2) is 31.5 Å². The molecule has 3 rings (SSSR count). The minimum atomic E-state index is -4.25. The van der Waals surface area contributed by atoms with Crippen molar-refractivity contribution >= 4 is 44.8 Å². The zero-order valence-corrected chi connectivity index (χ0v) is 18.5. The van der Waals surface area contributed by atoms with Gasteiger partial charge in [-0.15, -0.1) is 11.3 Å². The number of non-ortho nitro benzene ring substituents is 1. The molecule has 1 aromatic heterocycles. The van der Waals surface area contributed by atoms with Crippen molar-refractivity contribution in [3.8, 4) is 5.75 Å². The normalized spacial score (nSPS) is 11.1. The topological polar surface area (TPSA) is 116 Å². The Kier molecular flexibility index (Phi) is 7.66. The summed E-state index contributed by atoms with van der Waals surface area (Å²) in [5.74, 6) is 1.39. The van der Waals surface area contributed by atoms with Crippen LogP contribution in [0.4, 0.5) is 5.69 Å². The molecule has 11 heteroatoms. The molecule has 3 aromatic rings. The van der Waals surface area contributed by atoms with E-state index in [1.54, 1.807) is 23.1 Å². The maximum atomic E-state index is 12.4. The Morgan fingerprint density at radius 2 is 1.90 bits per heavy atom. The fourth-order valence-electron chi connectivity index (χ4n) is 2.50. The van der Waals surface area contributed by atoms with Gasteiger partial charge in [0.05, 0.1) is 4.92 Å². The number of carbonyl (C=O) groups is 1. The average molecular weight is 479 g/mol. The Morgan fingerprint density at radius 1 is 1.13 bits per heavy atom. The van der Waals surface area contributed by atoms with E-state index < -0.39 is 15.0 Å². The molecule has 0 aliphatic carbocycles. The van der Waals surface area contributed by atoms with E-state index >= 15 is 0 Å². The molecule has 0 atom stereocenters. The number of carbonyl (C=O) groups excluding carboxylic acids is 1. The minimum absolute atomic E-state index is 0.00504. The van der Waals surface area contributed by atoms with Crippen molar-refractivity contribution < 1.29 is 22.3 Å². The number of hydrogen-bond donors (Lipinski definition) is 1. The molecule has 0 bridgehead atoms. The highest BCUT2D eigenvalue weighted by molar-refractivity contribution is 7.98. The smallest absolute Gasteiger partial charge is 0.339 e. The molecule has 0 fully saturated rings. The average Bonchev–Trinajstić information content (AvgIpc) is 3.27. The van der Waals surface area contributed by atoms with Crippen LogP contribution in [0.2, 0.25) is 0 Å². The molecule has 1 N–H and O–H groups in total. The number of nitrogens with one attached hydrogen (secondary N) is 1. The van der Waals surface area contributed by atoms with Gasteiger partial charge in [0.2, 0.25) is 0 Å². The second-order valence-electron chi connectivity index (χ2n) is 6.20. The van der Waals surface area contributed by atoms with Gasteiger partial charge in [0, 0.05) is 40.6 Å². The third-order valence-corrected chi connectivity index (χ3v) is 7.31. The molecule has 0 saturated heterocycles. The highest BCUT2D eigenvalue weighted by Gasteiger charge is 2.20. The summed E-state index contributed by atoms with van der Waals surface area (Å²) in [6, 6.07) is 14.3. The molecule has 0 spiro atoms. The van der Waals surface area contributed by atoms with E-state index in [1.807, 2.05) is 11.4 Å². The van der Waals surface area contributed by atoms with E-state index in [1.165, 1.54) is 47.3 Å². The zero-order chi connectivity index (χ0) is 22.3. The van der Waals surface area contributed by atoms with E-state index in [-0.39, 0.29) is 22.2 Å². The molecule has 0 radical (unpaired) electrons. The number of thioether (sulfide) groups is 1. The molecule has 1 amide bonds. The highest BCUT2D eigenvalue weighted by atomic mass is 32.2. The predicted octanol–water partition coefficient (Wildman–Crippen LogP) is 4.09. The van der Waals surface area contributed by atoms with Crippen molar-refractivity contribution in [1.29, 1.82) is 0 Å². The summed E-state index contributed by atoms with van der Waals surface area (Å²) in [7, 11) is -4.25. The zero-order valence-electron chi connectivity index (χ0n) is 16.1. The molecule has 1 heterocycles. The van der Waals surface area contributed by atoms with E-state index in [0.717, 1.165) is 17.6 Å². The second kappa shape index (κ2) is 10.4. The lowest BCUT2D eigenvalue weighted by Crippen LogP contribution is -2.25. The molecule has 0 aliphatic rings. The van der Waals surface area contributed by atoms with Gasteiger partial charge in [-0.1, -0.05) is 12.1 Å². The lowest BCUT2D eigenvalue weighted by atomic mass is 10.2. The summed E-state index contributed by atoms with van der Waals surface area (Å²) < 4.78 is 29.7. The van der Waals surface area contributed by atoms with Crippen molar-refractivity contribution in [2.24, 2.45) is 0 Å². The van der Waals surface area contributed by atoms with Gasteiger partial charge in [0.1, 0.15) is 10.6 Å². The summed E-state index contributed by atoms with van der Waals surface area (Å²) in [6.45, 7) is 0.508. The summed E-state index contributed by atoms with van der Waals surface area (Å²) >= 11 is 3.42. The first kappa shape index (κ1) is 22.8. The number of amides is 1. The predicted molar refractivity (Wildman–Crippen MR) is 120 cm³/mol. The fourth-order valence-corrected chi connectivity index (χ4v) is 5.17. The molecular weight excluding hydrogens is 460 g/mol. The van der Waals surface area contributed by atoms with Gasteiger partial charge in [-0.05, 0) is 41.8 Å². The summed E-state index contributed by atoms with van der Waals surface area (Å²) in [6.07, 6.45) is 0. The first-order chi connectivity index (χ1) is 14.8. The Labute approximate surface area is 187 Å². The van der Waals surface area contributed by atoms with Crippen molar-refractivity contribution in [2.45, 2.75) is 10.6 Å². The third-order valence-electron chi connectivity index (χ3n) is 4.00. The molecular formula is C20H18N2O6S3. The molecule has 162 valence electrons. The Bertz CT molecular complexity index is 1150. The van der Waals surface area contributed by atoms with Crippen LogP contribution in [0.5, 0.6) is 5.75 Å². The molecule has 31 heavy (non-hydrogen) atoms. The molecule has 2 aromatic carbocycles. The first-order valence-electron chi connectivity index (χ1n) is 9.02. The summed E-state index contributed by atoms with van der Waals surface area (Å²) in [4.78, 5) is 23.3. The van der Waals surface area contributed by atoms with Crippen LogP contribution in [0.3, 0.4) is 0 Å². The van der Waals surface area contributed by atoms with Crippen molar-refractivity contribution in [1.82, 2.24) is 5.32 Å². The van der Waals surface area contributed by atoms with Crippen molar-refractivity contribution in [3.05, 3.63) is 86.6 Å². The third kappa shape index (κ3) is 6.54. The van der Waals surface area contributed by atoms with Crippen LogP contribution in [0, 0.1) is 10.1 Å². The van der Waals surface area contributed by atoms with Crippen LogP contribution in [-0.2, 0) is 15.9 Å². The van der Waals surface area contributed by atoms with Gasteiger partial charge >= 0.3 is 10.1 Å². The van der Waals surface area contributed by atoms with E-state index in [9.17, 15) is 23.3 Å². The van der Waals surface area contributed by atoms with Crippen LogP contribution >= 0.6 is 23.1 Å². The van der Waals surface area contributed by atoms with Crippen LogP contribution in [0.25, 0.3) is 0 Å². The summed E-state index contributed by atoms with van der Waals surface area (Å²) in [5, 5.41) is 15.7. The SMILES string of the molecule is O=C(NCCSCc1cccs1)c1ccc(OS(=O)(=O)c2cccc([N+](=O)[O-])c2)cc1. The van der Waals surface area contributed by atoms with Gasteiger partial charge in [0.25, 0.3) is 11.6 Å². The quantitative estimate of drug-likeness (QED) is 0.202. The highest BCUT2D eigenvalue weighted by Crippen LogP contribution is 2.22. The molecule has 0 aliphatic heterocycles. The number of rotatable bonds is 10. The van der Waals surface area contributed by atoms with E-state index in [4.69, 9.17) is 4.18 Å². The lowest BCUT2D eigenvalue weighted by molar-refractivity contribution is -0.385. The largest absolute Gasteiger partial charge is 0.379 e. The van der Waals surface area contributed by atoms with Gasteiger partial charge in [-0.3, -0.25) is 14.9 Å². The number of nitro groups is 1. The molecule has 0 unspecified atom stereocenters. The molecule has 0 saturated carbocycles. The van der Waals surface area contributed by atoms with Crippen LogP contribution in [0.15, 0.2) is 70.9 Å². The Hall–Kier alpha value is -2.89. The van der Waals surface area contributed by atoms with E-state index in [2.05, 4.69) is 11.4 Å². The number of hydrogen-bond acceptors (Lipinski definition) is 8. The van der Waals surface area contributed by atoms with Gasteiger partial charge < -0.3 is 9.50 Å². The van der Waals surface area contributed by atoms with Crippen LogP contribution in [0.1, 0.15) is 15.2 Å². The Balaban J connectivity index is 1.52. The number of nitro benzene ring substituents is 1. The monoisotopic (exact) mass is 478 g/mol. The van der Waals surface area contributed by atoms with Gasteiger partial charge in [-0.25, -0.2) is 0 Å². The summed E-state index contributed by atoms with van der Waals surface area (Å²) in [5.41, 5.74) is 0.00796. The van der Waals surface area contributed by atoms with Crippen molar-refractivity contribution in [3.63, 3.8) is 0 Å². The number of thiophene rings is 1. The minimum Gasteiger partial charge on any atom is -0.379 e. The Morgan fingerprint density at radius 3 is 2.58 bits per heavy atom. The fraction of sp³-hybridized carbons (Fsp3) is 0.150. The number of nitrogens with zero attached hydrogens (tertiary/aromatic N) is 1. The first-order valence-corrected chi connectivity index (χ1v) is 12.5. The number of benzene rings is 2. The molecule has 8 nitrogen and oxygen atoms in total.